The van der Waals surface area contributed by atoms with Crippen LogP contribution in [0.2, 0.25) is 0 Å². The average Bonchev–Trinajstić information content (AvgIpc) is 3.32. The molecule has 0 saturated carbocycles. The van der Waals surface area contributed by atoms with Crippen LogP contribution >= 0.6 is 23.3 Å². The Labute approximate surface area is 203 Å². The van der Waals surface area contributed by atoms with E-state index in [1.165, 1.54) is 48.0 Å². The van der Waals surface area contributed by atoms with Gasteiger partial charge in [-0.15, -0.1) is 11.3 Å². The molecule has 0 aliphatic heterocycles. The van der Waals surface area contributed by atoms with Gasteiger partial charge in [-0.3, -0.25) is 9.52 Å². The number of anilines is 2. The van der Waals surface area contributed by atoms with Crippen molar-refractivity contribution in [1.82, 2.24) is 9.71 Å². The van der Waals surface area contributed by atoms with Crippen molar-refractivity contribution in [3.63, 3.8) is 0 Å². The zero-order chi connectivity index (χ0) is 25.8. The van der Waals surface area contributed by atoms with Crippen molar-refractivity contribution >= 4 is 46.6 Å². The molecule has 2 aromatic carbocycles. The maximum atomic E-state index is 13.0. The van der Waals surface area contributed by atoms with Gasteiger partial charge in [0.05, 0.1) is 16.6 Å². The molecule has 6 nitrogen and oxygen atoms in total. The lowest BCUT2D eigenvalue weighted by Crippen LogP contribution is -2.23. The quantitative estimate of drug-likeness (QED) is 0.236. The van der Waals surface area contributed by atoms with Crippen molar-refractivity contribution in [3.8, 4) is 0 Å². The first-order valence-electron chi connectivity index (χ1n) is 9.64. The second kappa shape index (κ2) is 10.6. The standard InChI is InChI=1S/C21H16F6N4O2S2/c1-11(12-6-13(20(22,23)24)8-14(7-12)21(25,26)27)35-31-19(33)30-16-4-2-15(3-5-16)29-18(32)17-9-34-10-28-17/h2-11H,1H3,(H,29,32)(H2,30,31,33)/t11-/m0/s1. The summed E-state index contributed by atoms with van der Waals surface area (Å²) in [6, 6.07) is 6.57. The fraction of sp³-hybridized carbons (Fsp3) is 0.190. The molecule has 1 aromatic heterocycles. The van der Waals surface area contributed by atoms with Crippen LogP contribution in [0.4, 0.5) is 42.5 Å². The molecule has 1 atom stereocenters. The number of carbonyl (C=O) groups is 2. The minimum Gasteiger partial charge on any atom is -0.321 e. The molecule has 0 saturated heterocycles. The molecule has 0 unspecified atom stereocenters. The summed E-state index contributed by atoms with van der Waals surface area (Å²) in [6.45, 7) is 1.36. The molecule has 0 radical (unpaired) electrons. The van der Waals surface area contributed by atoms with Gasteiger partial charge in [-0.05, 0) is 66.9 Å². The van der Waals surface area contributed by atoms with E-state index in [0.717, 1.165) is 0 Å². The number of urea groups is 1. The van der Waals surface area contributed by atoms with Crippen LogP contribution in [0.1, 0.15) is 39.4 Å². The number of halogens is 6. The normalized spacial score (nSPS) is 12.7. The lowest BCUT2D eigenvalue weighted by molar-refractivity contribution is -0.143. The first-order chi connectivity index (χ1) is 16.3. The number of nitrogens with one attached hydrogen (secondary N) is 3. The summed E-state index contributed by atoms with van der Waals surface area (Å²) in [4.78, 5) is 28.0. The van der Waals surface area contributed by atoms with Crippen LogP contribution in [0.15, 0.2) is 53.4 Å². The van der Waals surface area contributed by atoms with E-state index in [4.69, 9.17) is 0 Å². The lowest BCUT2D eigenvalue weighted by atomic mass is 10.0. The number of rotatable bonds is 6. The van der Waals surface area contributed by atoms with E-state index in [1.807, 2.05) is 0 Å². The Morgan fingerprint density at radius 1 is 0.914 bits per heavy atom. The van der Waals surface area contributed by atoms with E-state index in [-0.39, 0.29) is 17.3 Å². The molecular formula is C21H16F6N4O2S2. The molecule has 186 valence electrons. The van der Waals surface area contributed by atoms with Crippen molar-refractivity contribution in [2.24, 2.45) is 0 Å². The molecule has 1 heterocycles. The van der Waals surface area contributed by atoms with E-state index in [0.29, 0.717) is 35.5 Å². The van der Waals surface area contributed by atoms with Gasteiger partial charge in [0.2, 0.25) is 0 Å². The third-order valence-electron chi connectivity index (χ3n) is 4.47. The number of nitrogens with zero attached hydrogens (tertiary/aromatic N) is 1. The minimum atomic E-state index is -4.96. The number of alkyl halides is 6. The highest BCUT2D eigenvalue weighted by Gasteiger charge is 2.37. The maximum Gasteiger partial charge on any atom is 0.416 e. The molecule has 0 aliphatic rings. The molecule has 3 rings (SSSR count). The van der Waals surface area contributed by atoms with Crippen LogP contribution in [0.3, 0.4) is 0 Å². The van der Waals surface area contributed by atoms with E-state index in [2.05, 4.69) is 20.3 Å². The predicted molar refractivity (Wildman–Crippen MR) is 121 cm³/mol. The zero-order valence-corrected chi connectivity index (χ0v) is 19.3. The number of benzene rings is 2. The van der Waals surface area contributed by atoms with Crippen molar-refractivity contribution in [2.45, 2.75) is 24.5 Å². The molecule has 3 aromatic rings. The highest BCUT2D eigenvalue weighted by Crippen LogP contribution is 2.39. The van der Waals surface area contributed by atoms with Crippen LogP contribution in [0.25, 0.3) is 0 Å². The Bertz CT molecular complexity index is 1150. The number of thiazole rings is 1. The maximum absolute atomic E-state index is 13.0. The smallest absolute Gasteiger partial charge is 0.321 e. The fourth-order valence-corrected chi connectivity index (χ4v) is 3.88. The SMILES string of the molecule is C[C@H](SNC(=O)Nc1ccc(NC(=O)c2cscn2)cc1)c1cc(C(F)(F)F)cc(C(F)(F)F)c1. The predicted octanol–water partition coefficient (Wildman–Crippen LogP) is 6.96. The monoisotopic (exact) mass is 534 g/mol. The van der Waals surface area contributed by atoms with E-state index in [9.17, 15) is 35.9 Å². The molecule has 0 aliphatic carbocycles. The van der Waals surface area contributed by atoms with Crippen LogP contribution in [-0.2, 0) is 12.4 Å². The highest BCUT2D eigenvalue weighted by atomic mass is 32.2. The van der Waals surface area contributed by atoms with Gasteiger partial charge >= 0.3 is 18.4 Å². The van der Waals surface area contributed by atoms with E-state index in [1.54, 1.807) is 5.38 Å². The Morgan fingerprint density at radius 2 is 1.46 bits per heavy atom. The topological polar surface area (TPSA) is 83.1 Å². The molecule has 0 fully saturated rings. The number of hydrogen-bond acceptors (Lipinski definition) is 5. The van der Waals surface area contributed by atoms with Crippen LogP contribution in [-0.4, -0.2) is 16.9 Å². The van der Waals surface area contributed by atoms with E-state index < -0.39 is 40.7 Å². The zero-order valence-electron chi connectivity index (χ0n) is 17.6. The molecule has 14 heteroatoms. The van der Waals surface area contributed by atoms with Crippen molar-refractivity contribution in [1.29, 1.82) is 0 Å². The Kier molecular flexibility index (Phi) is 7.95. The second-order valence-corrected chi connectivity index (χ2v) is 8.93. The minimum absolute atomic E-state index is 0.0456. The highest BCUT2D eigenvalue weighted by molar-refractivity contribution is 7.98. The summed E-state index contributed by atoms with van der Waals surface area (Å²) >= 11 is 1.91. The van der Waals surface area contributed by atoms with Crippen LogP contribution in [0, 0.1) is 0 Å². The molecule has 35 heavy (non-hydrogen) atoms. The third-order valence-corrected chi connectivity index (χ3v) is 5.99. The molecule has 3 N–H and O–H groups in total. The fourth-order valence-electron chi connectivity index (χ4n) is 2.74. The summed E-state index contributed by atoms with van der Waals surface area (Å²) < 4.78 is 80.6. The molecule has 3 amide bonds. The summed E-state index contributed by atoms with van der Waals surface area (Å²) in [7, 11) is 0. The Morgan fingerprint density at radius 3 is 1.94 bits per heavy atom. The van der Waals surface area contributed by atoms with Gasteiger partial charge in [-0.1, -0.05) is 0 Å². The number of aromatic nitrogens is 1. The Hall–Kier alpha value is -3.26. The van der Waals surface area contributed by atoms with E-state index >= 15 is 0 Å². The summed E-state index contributed by atoms with van der Waals surface area (Å²) in [5.74, 6) is -0.404. The number of hydrogen-bond donors (Lipinski definition) is 3. The van der Waals surface area contributed by atoms with Gasteiger partial charge in [-0.25, -0.2) is 9.78 Å². The number of amides is 3. The summed E-state index contributed by atoms with van der Waals surface area (Å²) in [5, 5.41) is 5.76. The van der Waals surface area contributed by atoms with Gasteiger partial charge in [0.1, 0.15) is 5.69 Å². The molecule has 0 spiro atoms. The van der Waals surface area contributed by atoms with Crippen LogP contribution in [0.5, 0.6) is 0 Å². The third kappa shape index (κ3) is 7.36. The van der Waals surface area contributed by atoms with Gasteiger partial charge < -0.3 is 10.6 Å². The van der Waals surface area contributed by atoms with Crippen molar-refractivity contribution < 1.29 is 35.9 Å². The Balaban J connectivity index is 1.59. The number of carbonyl (C=O) groups excluding carboxylic acids is 2. The van der Waals surface area contributed by atoms with Gasteiger partial charge in [-0.2, -0.15) is 26.3 Å². The average molecular weight is 535 g/mol. The van der Waals surface area contributed by atoms with Crippen molar-refractivity contribution in [2.75, 3.05) is 10.6 Å². The lowest BCUT2D eigenvalue weighted by Gasteiger charge is -2.18. The van der Waals surface area contributed by atoms with Crippen molar-refractivity contribution in [3.05, 3.63) is 75.7 Å². The summed E-state index contributed by atoms with van der Waals surface area (Å²) in [5.41, 5.74) is -0.560. The van der Waals surface area contributed by atoms with Gasteiger partial charge in [0, 0.05) is 22.0 Å². The van der Waals surface area contributed by atoms with Gasteiger partial charge in [0.25, 0.3) is 5.91 Å². The molecule has 0 bridgehead atoms. The van der Waals surface area contributed by atoms with Crippen LogP contribution < -0.4 is 15.4 Å². The largest absolute Gasteiger partial charge is 0.416 e. The first kappa shape index (κ1) is 26.3. The second-order valence-electron chi connectivity index (χ2n) is 7.06. The van der Waals surface area contributed by atoms with Gasteiger partial charge in [0.15, 0.2) is 0 Å². The first-order valence-corrected chi connectivity index (χ1v) is 11.5. The summed E-state index contributed by atoms with van der Waals surface area (Å²) in [6.07, 6.45) is -9.92. The molecular weight excluding hydrogens is 518 g/mol.